The minimum Gasteiger partial charge on any atom is -0.486 e. The van der Waals surface area contributed by atoms with Crippen LogP contribution in [0.2, 0.25) is 0 Å². The van der Waals surface area contributed by atoms with Crippen LogP contribution in [-0.4, -0.2) is 21.7 Å². The van der Waals surface area contributed by atoms with Crippen LogP contribution in [0, 0.1) is 11.3 Å². The van der Waals surface area contributed by atoms with Crippen molar-refractivity contribution < 1.29 is 14.6 Å². The molecule has 22 heavy (non-hydrogen) atoms. The Balaban J connectivity index is 2.07. The molecule has 110 valence electrons. The molecule has 2 aromatic rings. The lowest BCUT2D eigenvalue weighted by molar-refractivity contribution is 0.0696. The van der Waals surface area contributed by atoms with Gasteiger partial charge in [0, 0.05) is 23.7 Å². The molecule has 0 bridgehead atoms. The summed E-state index contributed by atoms with van der Waals surface area (Å²) in [5.41, 5.74) is 2.68. The van der Waals surface area contributed by atoms with Crippen LogP contribution in [-0.2, 0) is 6.42 Å². The second kappa shape index (κ2) is 4.85. The quantitative estimate of drug-likeness (QED) is 0.920. The lowest BCUT2D eigenvalue weighted by Gasteiger charge is -2.17. The highest BCUT2D eigenvalue weighted by Gasteiger charge is 2.32. The van der Waals surface area contributed by atoms with Gasteiger partial charge in [-0.05, 0) is 38.1 Å². The number of hydrogen-bond donors (Lipinski definition) is 1. The van der Waals surface area contributed by atoms with Gasteiger partial charge in [-0.1, -0.05) is 0 Å². The molecule has 0 aliphatic carbocycles. The number of nitrogens with zero attached hydrogens (tertiary/aromatic N) is 2. The van der Waals surface area contributed by atoms with Crippen molar-refractivity contribution >= 4 is 5.97 Å². The van der Waals surface area contributed by atoms with Gasteiger partial charge in [-0.25, -0.2) is 4.79 Å². The molecule has 1 aliphatic heterocycles. The van der Waals surface area contributed by atoms with Crippen molar-refractivity contribution in [3.05, 3.63) is 47.2 Å². The first kappa shape index (κ1) is 14.1. The zero-order valence-corrected chi connectivity index (χ0v) is 12.3. The molecule has 5 heteroatoms. The van der Waals surface area contributed by atoms with E-state index in [9.17, 15) is 10.1 Å². The van der Waals surface area contributed by atoms with Crippen LogP contribution < -0.4 is 4.74 Å². The van der Waals surface area contributed by atoms with E-state index in [2.05, 4.69) is 11.1 Å². The number of carboxylic acid groups (broad SMARTS) is 1. The van der Waals surface area contributed by atoms with Crippen LogP contribution in [0.4, 0.5) is 0 Å². The molecule has 0 spiro atoms. The Bertz CT molecular complexity index is 802. The number of fused-ring (bicyclic) bond motifs is 1. The van der Waals surface area contributed by atoms with Crippen LogP contribution in [0.5, 0.6) is 5.75 Å². The first-order valence-corrected chi connectivity index (χ1v) is 6.85. The smallest absolute Gasteiger partial charge is 0.337 e. The number of benzene rings is 1. The summed E-state index contributed by atoms with van der Waals surface area (Å²) in [4.78, 5) is 15.1. The number of carboxylic acids is 1. The minimum atomic E-state index is -1.01. The molecular formula is C17H14N2O3. The van der Waals surface area contributed by atoms with Gasteiger partial charge in [-0.3, -0.25) is 4.98 Å². The van der Waals surface area contributed by atoms with Crippen molar-refractivity contribution in [2.75, 3.05) is 0 Å². The maximum Gasteiger partial charge on any atom is 0.337 e. The maximum atomic E-state index is 10.9. The molecule has 0 atom stereocenters. The van der Waals surface area contributed by atoms with Crippen molar-refractivity contribution in [1.82, 2.24) is 4.98 Å². The predicted octanol–water partition coefficient (Wildman–Crippen LogP) is 3.03. The van der Waals surface area contributed by atoms with E-state index in [4.69, 9.17) is 9.84 Å². The number of aromatic carboxylic acids is 1. The Hall–Kier alpha value is -2.87. The van der Waals surface area contributed by atoms with Crippen molar-refractivity contribution in [3.8, 4) is 23.1 Å². The van der Waals surface area contributed by atoms with E-state index in [-0.39, 0.29) is 11.2 Å². The summed E-state index contributed by atoms with van der Waals surface area (Å²) in [5, 5.41) is 18.2. The van der Waals surface area contributed by atoms with Crippen LogP contribution in [0.3, 0.4) is 0 Å². The van der Waals surface area contributed by atoms with Crippen LogP contribution in [0.15, 0.2) is 30.5 Å². The monoisotopic (exact) mass is 294 g/mol. The van der Waals surface area contributed by atoms with E-state index >= 15 is 0 Å². The molecule has 0 saturated heterocycles. The van der Waals surface area contributed by atoms with Crippen molar-refractivity contribution in [3.63, 3.8) is 0 Å². The highest BCUT2D eigenvalue weighted by molar-refractivity contribution is 5.87. The van der Waals surface area contributed by atoms with Gasteiger partial charge in [-0.2, -0.15) is 5.26 Å². The van der Waals surface area contributed by atoms with Gasteiger partial charge in [0.05, 0.1) is 16.8 Å². The van der Waals surface area contributed by atoms with E-state index in [0.29, 0.717) is 17.0 Å². The number of ether oxygens (including phenoxy) is 1. The SMILES string of the molecule is CC1(C)Cc2cc(-c3ccc(C(=O)O)cn3)cc(C#N)c2O1. The summed E-state index contributed by atoms with van der Waals surface area (Å²) in [6, 6.07) is 8.99. The van der Waals surface area contributed by atoms with Crippen molar-refractivity contribution in [1.29, 1.82) is 5.26 Å². The van der Waals surface area contributed by atoms with Gasteiger partial charge < -0.3 is 9.84 Å². The highest BCUT2D eigenvalue weighted by Crippen LogP contribution is 2.39. The Morgan fingerprint density at radius 2 is 2.18 bits per heavy atom. The summed E-state index contributed by atoms with van der Waals surface area (Å²) < 4.78 is 5.84. The van der Waals surface area contributed by atoms with E-state index in [0.717, 1.165) is 17.5 Å². The van der Waals surface area contributed by atoms with E-state index in [1.807, 2.05) is 19.9 Å². The zero-order valence-electron chi connectivity index (χ0n) is 12.3. The fourth-order valence-corrected chi connectivity index (χ4v) is 2.63. The van der Waals surface area contributed by atoms with Crippen LogP contribution in [0.25, 0.3) is 11.3 Å². The van der Waals surface area contributed by atoms with Gasteiger partial charge in [0.2, 0.25) is 0 Å². The molecule has 0 fully saturated rings. The van der Waals surface area contributed by atoms with Crippen molar-refractivity contribution in [2.45, 2.75) is 25.9 Å². The Morgan fingerprint density at radius 1 is 1.41 bits per heavy atom. The lowest BCUT2D eigenvalue weighted by Crippen LogP contribution is -2.24. The van der Waals surface area contributed by atoms with Gasteiger partial charge in [0.1, 0.15) is 17.4 Å². The lowest BCUT2D eigenvalue weighted by atomic mass is 9.97. The number of hydrogen-bond acceptors (Lipinski definition) is 4. The molecule has 2 heterocycles. The molecule has 1 aliphatic rings. The van der Waals surface area contributed by atoms with E-state index in [1.54, 1.807) is 12.1 Å². The van der Waals surface area contributed by atoms with Gasteiger partial charge in [0.25, 0.3) is 0 Å². The predicted molar refractivity (Wildman–Crippen MR) is 79.8 cm³/mol. The number of aromatic nitrogens is 1. The van der Waals surface area contributed by atoms with E-state index < -0.39 is 5.97 Å². The van der Waals surface area contributed by atoms with Gasteiger partial charge in [0.15, 0.2) is 0 Å². The first-order valence-electron chi connectivity index (χ1n) is 6.85. The molecule has 0 amide bonds. The molecule has 5 nitrogen and oxygen atoms in total. The van der Waals surface area contributed by atoms with Crippen LogP contribution in [0.1, 0.15) is 35.3 Å². The molecule has 1 N–H and O–H groups in total. The maximum absolute atomic E-state index is 10.9. The third kappa shape index (κ3) is 2.40. The fourth-order valence-electron chi connectivity index (χ4n) is 2.63. The summed E-state index contributed by atoms with van der Waals surface area (Å²) in [6.45, 7) is 3.96. The fraction of sp³-hybridized carbons (Fsp3) is 0.235. The van der Waals surface area contributed by atoms with Gasteiger partial charge >= 0.3 is 5.97 Å². The average molecular weight is 294 g/mol. The van der Waals surface area contributed by atoms with Crippen LogP contribution >= 0.6 is 0 Å². The number of carbonyl (C=O) groups is 1. The number of rotatable bonds is 2. The molecule has 1 aromatic carbocycles. The molecule has 0 unspecified atom stereocenters. The zero-order chi connectivity index (χ0) is 15.9. The van der Waals surface area contributed by atoms with Gasteiger partial charge in [-0.15, -0.1) is 0 Å². The number of pyridine rings is 1. The standard InChI is InChI=1S/C17H14N2O3/c1-17(2)7-12-5-11(6-13(8-18)15(12)22-17)14-4-3-10(9-19-14)16(20)21/h3-6,9H,7H2,1-2H3,(H,20,21). The highest BCUT2D eigenvalue weighted by atomic mass is 16.5. The summed E-state index contributed by atoms with van der Waals surface area (Å²) in [6.07, 6.45) is 2.04. The third-order valence-electron chi connectivity index (χ3n) is 3.59. The second-order valence-corrected chi connectivity index (χ2v) is 5.90. The summed E-state index contributed by atoms with van der Waals surface area (Å²) in [5.74, 6) is -0.376. The molecule has 0 saturated carbocycles. The molecule has 0 radical (unpaired) electrons. The summed E-state index contributed by atoms with van der Waals surface area (Å²) >= 11 is 0. The van der Waals surface area contributed by atoms with Crippen molar-refractivity contribution in [2.24, 2.45) is 0 Å². The number of nitriles is 1. The Labute approximate surface area is 127 Å². The van der Waals surface area contributed by atoms with E-state index in [1.165, 1.54) is 12.3 Å². The molecular weight excluding hydrogens is 280 g/mol. The normalized spacial score (nSPS) is 14.8. The Kier molecular flexibility index (Phi) is 3.10. The molecule has 1 aromatic heterocycles. The summed E-state index contributed by atoms with van der Waals surface area (Å²) in [7, 11) is 0. The first-order chi connectivity index (χ1) is 10.4. The third-order valence-corrected chi connectivity index (χ3v) is 3.59. The minimum absolute atomic E-state index is 0.134. The largest absolute Gasteiger partial charge is 0.486 e. The average Bonchev–Trinajstić information content (AvgIpc) is 2.80. The molecule has 3 rings (SSSR count). The second-order valence-electron chi connectivity index (χ2n) is 5.90. The Morgan fingerprint density at radius 3 is 2.77 bits per heavy atom. The topological polar surface area (TPSA) is 83.2 Å².